The van der Waals surface area contributed by atoms with Gasteiger partial charge in [0.15, 0.2) is 0 Å². The molecule has 0 aliphatic heterocycles. The van der Waals surface area contributed by atoms with Crippen molar-refractivity contribution >= 4 is 15.5 Å². The van der Waals surface area contributed by atoms with Gasteiger partial charge in [0.05, 0.1) is 6.61 Å². The highest BCUT2D eigenvalue weighted by atomic mass is 28.2. The number of rotatable bonds is 12. The first-order chi connectivity index (χ1) is 9.93. The Hall–Kier alpha value is -0.653. The lowest BCUT2D eigenvalue weighted by Gasteiger charge is -2.37. The predicted molar refractivity (Wildman–Crippen MR) is 89.2 cm³/mol. The summed E-state index contributed by atoms with van der Waals surface area (Å²) < 4.78 is 17.5. The fourth-order valence-electron chi connectivity index (χ4n) is 1.86. The molecule has 5 heteroatoms. The van der Waals surface area contributed by atoms with E-state index in [0.29, 0.717) is 18.8 Å². The Morgan fingerprint density at radius 3 is 2.29 bits per heavy atom. The molecule has 0 aliphatic carbocycles. The Bertz CT molecular complexity index is 319. The standard InChI is InChI=1S/C16H32O4Si/c1-7-9-11-18-14(5)16(21-6,19-12-10-8-2)20-15(17)13(3)4/h14H,3,7-12,21H2,1-2,4-6H3. The summed E-state index contributed by atoms with van der Waals surface area (Å²) in [6.07, 6.45) is 3.81. The normalized spacial score (nSPS) is 15.9. The van der Waals surface area contributed by atoms with Crippen molar-refractivity contribution in [3.63, 3.8) is 0 Å². The van der Waals surface area contributed by atoms with Crippen LogP contribution in [0.5, 0.6) is 0 Å². The fraction of sp³-hybridized carbons (Fsp3) is 0.812. The van der Waals surface area contributed by atoms with Gasteiger partial charge in [0.1, 0.15) is 15.6 Å². The zero-order valence-electron chi connectivity index (χ0n) is 14.4. The monoisotopic (exact) mass is 316 g/mol. The van der Waals surface area contributed by atoms with Crippen molar-refractivity contribution in [2.24, 2.45) is 0 Å². The largest absolute Gasteiger partial charge is 0.432 e. The third-order valence-corrected chi connectivity index (χ3v) is 5.35. The van der Waals surface area contributed by atoms with E-state index in [4.69, 9.17) is 14.2 Å². The molecule has 4 nitrogen and oxygen atoms in total. The van der Waals surface area contributed by atoms with Crippen molar-refractivity contribution in [2.75, 3.05) is 13.2 Å². The Kier molecular flexibility index (Phi) is 10.6. The van der Waals surface area contributed by atoms with E-state index in [1.807, 2.05) is 6.92 Å². The van der Waals surface area contributed by atoms with E-state index in [2.05, 4.69) is 27.0 Å². The first-order valence-electron chi connectivity index (χ1n) is 8.07. The number of carbonyl (C=O) groups is 1. The van der Waals surface area contributed by atoms with Crippen LogP contribution >= 0.6 is 0 Å². The molecule has 0 rings (SSSR count). The molecular formula is C16H32O4Si. The first-order valence-corrected chi connectivity index (χ1v) is 10.2. The third kappa shape index (κ3) is 7.25. The Labute approximate surface area is 132 Å². The summed E-state index contributed by atoms with van der Waals surface area (Å²) in [6.45, 7) is 14.8. The van der Waals surface area contributed by atoms with E-state index < -0.39 is 20.9 Å². The molecule has 0 spiro atoms. The molecule has 0 N–H and O–H groups in total. The number of ether oxygens (including phenoxy) is 3. The van der Waals surface area contributed by atoms with Gasteiger partial charge in [-0.1, -0.05) is 39.8 Å². The summed E-state index contributed by atoms with van der Waals surface area (Å²) in [5.74, 6) is -0.396. The summed E-state index contributed by atoms with van der Waals surface area (Å²) in [6, 6.07) is 0. The molecule has 2 unspecified atom stereocenters. The van der Waals surface area contributed by atoms with Gasteiger partial charge in [-0.25, -0.2) is 4.79 Å². The summed E-state index contributed by atoms with van der Waals surface area (Å²) in [5, 5.41) is 0. The van der Waals surface area contributed by atoms with Crippen LogP contribution < -0.4 is 0 Å². The zero-order chi connectivity index (χ0) is 16.3. The molecule has 0 bridgehead atoms. The predicted octanol–water partition coefficient (Wildman–Crippen LogP) is 3.00. The Balaban J connectivity index is 4.90. The SMILES string of the molecule is C=C(C)C(=O)OC(OCCCC)([SiH2]C)C(C)OCCCC. The van der Waals surface area contributed by atoms with E-state index >= 15 is 0 Å². The second kappa shape index (κ2) is 11.0. The smallest absolute Gasteiger partial charge is 0.335 e. The topological polar surface area (TPSA) is 44.8 Å². The van der Waals surface area contributed by atoms with Gasteiger partial charge in [0, 0.05) is 12.2 Å². The lowest BCUT2D eigenvalue weighted by atomic mass is 10.3. The van der Waals surface area contributed by atoms with Crippen LogP contribution in [0.15, 0.2) is 12.2 Å². The summed E-state index contributed by atoms with van der Waals surface area (Å²) in [7, 11) is -0.795. The summed E-state index contributed by atoms with van der Waals surface area (Å²) >= 11 is 0. The molecule has 0 aromatic rings. The van der Waals surface area contributed by atoms with Crippen molar-refractivity contribution in [3.05, 3.63) is 12.2 Å². The van der Waals surface area contributed by atoms with Crippen molar-refractivity contribution < 1.29 is 19.0 Å². The second-order valence-electron chi connectivity index (χ2n) is 5.40. The highest BCUT2D eigenvalue weighted by Crippen LogP contribution is 2.22. The molecule has 0 saturated carbocycles. The quantitative estimate of drug-likeness (QED) is 0.182. The molecule has 0 radical (unpaired) electrons. The fourth-order valence-corrected chi connectivity index (χ4v) is 3.17. The van der Waals surface area contributed by atoms with Crippen LogP contribution in [-0.4, -0.2) is 40.2 Å². The first kappa shape index (κ1) is 20.3. The number of hydrogen-bond acceptors (Lipinski definition) is 4. The summed E-state index contributed by atoms with van der Waals surface area (Å²) in [4.78, 5) is 11.9. The molecular weight excluding hydrogens is 284 g/mol. The molecule has 0 aromatic heterocycles. The van der Waals surface area contributed by atoms with Gasteiger partial charge in [-0.15, -0.1) is 0 Å². The highest BCUT2D eigenvalue weighted by molar-refractivity contribution is 6.37. The van der Waals surface area contributed by atoms with Gasteiger partial charge in [-0.2, -0.15) is 0 Å². The van der Waals surface area contributed by atoms with Gasteiger partial charge in [-0.3, -0.25) is 0 Å². The maximum atomic E-state index is 11.9. The number of esters is 1. The minimum Gasteiger partial charge on any atom is -0.432 e. The molecule has 0 heterocycles. The maximum absolute atomic E-state index is 11.9. The third-order valence-electron chi connectivity index (χ3n) is 3.44. The Morgan fingerprint density at radius 1 is 1.24 bits per heavy atom. The molecule has 2 atom stereocenters. The van der Waals surface area contributed by atoms with Gasteiger partial charge in [0.2, 0.25) is 5.41 Å². The van der Waals surface area contributed by atoms with Crippen LogP contribution in [0, 0.1) is 0 Å². The molecule has 0 amide bonds. The van der Waals surface area contributed by atoms with Crippen LogP contribution in [0.4, 0.5) is 0 Å². The average Bonchev–Trinajstić information content (AvgIpc) is 2.46. The van der Waals surface area contributed by atoms with Crippen LogP contribution in [0.2, 0.25) is 6.55 Å². The second-order valence-corrected chi connectivity index (χ2v) is 7.10. The van der Waals surface area contributed by atoms with Crippen molar-refractivity contribution in [1.29, 1.82) is 0 Å². The van der Waals surface area contributed by atoms with Crippen LogP contribution in [0.1, 0.15) is 53.4 Å². The number of carbonyl (C=O) groups excluding carboxylic acids is 1. The average molecular weight is 317 g/mol. The molecule has 0 aliphatic rings. The van der Waals surface area contributed by atoms with Gasteiger partial charge in [0.25, 0.3) is 0 Å². The van der Waals surface area contributed by atoms with E-state index in [0.717, 1.165) is 25.7 Å². The van der Waals surface area contributed by atoms with Crippen molar-refractivity contribution in [1.82, 2.24) is 0 Å². The van der Waals surface area contributed by atoms with Crippen LogP contribution in [-0.2, 0) is 19.0 Å². The summed E-state index contributed by atoms with van der Waals surface area (Å²) in [5.41, 5.74) is -0.499. The number of unbranched alkanes of at least 4 members (excludes halogenated alkanes) is 2. The molecule has 0 fully saturated rings. The van der Waals surface area contributed by atoms with Crippen LogP contribution in [0.3, 0.4) is 0 Å². The van der Waals surface area contributed by atoms with E-state index in [9.17, 15) is 4.79 Å². The lowest BCUT2D eigenvalue weighted by Crippen LogP contribution is -2.53. The van der Waals surface area contributed by atoms with Gasteiger partial charge >= 0.3 is 5.97 Å². The molecule has 0 saturated heterocycles. The maximum Gasteiger partial charge on any atom is 0.335 e. The molecule has 124 valence electrons. The molecule has 21 heavy (non-hydrogen) atoms. The van der Waals surface area contributed by atoms with E-state index in [-0.39, 0.29) is 6.10 Å². The zero-order valence-corrected chi connectivity index (χ0v) is 15.8. The minimum atomic E-state index is -0.890. The van der Waals surface area contributed by atoms with Crippen LogP contribution in [0.25, 0.3) is 0 Å². The van der Waals surface area contributed by atoms with E-state index in [1.165, 1.54) is 0 Å². The molecule has 0 aromatic carbocycles. The highest BCUT2D eigenvalue weighted by Gasteiger charge is 2.40. The lowest BCUT2D eigenvalue weighted by molar-refractivity contribution is -0.231. The van der Waals surface area contributed by atoms with Crippen molar-refractivity contribution in [3.8, 4) is 0 Å². The number of hydrogen-bond donors (Lipinski definition) is 0. The minimum absolute atomic E-state index is 0.249. The Morgan fingerprint density at radius 2 is 1.81 bits per heavy atom. The van der Waals surface area contributed by atoms with Gasteiger partial charge in [-0.05, 0) is 26.7 Å². The van der Waals surface area contributed by atoms with Crippen molar-refractivity contribution in [2.45, 2.75) is 71.4 Å². The van der Waals surface area contributed by atoms with E-state index in [1.54, 1.807) is 6.92 Å². The van der Waals surface area contributed by atoms with Gasteiger partial charge < -0.3 is 14.2 Å².